The Kier molecular flexibility index (Phi) is 6.84. The predicted molar refractivity (Wildman–Crippen MR) is 113 cm³/mol. The number of hydrogen-bond donors (Lipinski definition) is 0. The van der Waals surface area contributed by atoms with E-state index in [2.05, 4.69) is 26.0 Å². The molecule has 0 aliphatic rings. The summed E-state index contributed by atoms with van der Waals surface area (Å²) in [6, 6.07) is 15.9. The van der Waals surface area contributed by atoms with Gasteiger partial charge in [0.05, 0.1) is 0 Å². The average molecular weight is 383 g/mol. The van der Waals surface area contributed by atoms with Crippen molar-refractivity contribution in [2.24, 2.45) is 0 Å². The van der Waals surface area contributed by atoms with E-state index in [1.54, 1.807) is 33.0 Å². The summed E-state index contributed by atoms with van der Waals surface area (Å²) in [5, 5.41) is 0. The van der Waals surface area contributed by atoms with Gasteiger partial charge in [-0.25, -0.2) is 4.79 Å². The van der Waals surface area contributed by atoms with Crippen LogP contribution in [-0.4, -0.2) is 38.0 Å². The molecular formula is C23H30N2O3. The van der Waals surface area contributed by atoms with Crippen molar-refractivity contribution in [3.8, 4) is 5.75 Å². The van der Waals surface area contributed by atoms with Gasteiger partial charge in [-0.05, 0) is 48.2 Å². The summed E-state index contributed by atoms with van der Waals surface area (Å²) in [6.07, 6.45) is 1.47. The smallest absolute Gasteiger partial charge is 0.410 e. The third kappa shape index (κ3) is 4.35. The molecule has 2 aromatic rings. The summed E-state index contributed by atoms with van der Waals surface area (Å²) in [5.41, 5.74) is 3.12. The van der Waals surface area contributed by atoms with Crippen LogP contribution < -0.4 is 9.64 Å². The van der Waals surface area contributed by atoms with Gasteiger partial charge in [-0.3, -0.25) is 4.79 Å². The summed E-state index contributed by atoms with van der Waals surface area (Å²) in [7, 11) is 5.09. The van der Waals surface area contributed by atoms with Crippen molar-refractivity contribution >= 4 is 17.7 Å². The summed E-state index contributed by atoms with van der Waals surface area (Å²) in [4.78, 5) is 26.4. The second kappa shape index (κ2) is 8.91. The van der Waals surface area contributed by atoms with E-state index in [-0.39, 0.29) is 11.3 Å². The van der Waals surface area contributed by atoms with Crippen LogP contribution in [0.2, 0.25) is 0 Å². The largest absolute Gasteiger partial charge is 0.414 e. The molecule has 0 heterocycles. The van der Waals surface area contributed by atoms with Crippen molar-refractivity contribution in [3.63, 3.8) is 0 Å². The van der Waals surface area contributed by atoms with Crippen LogP contribution in [0.15, 0.2) is 48.5 Å². The van der Waals surface area contributed by atoms with Crippen LogP contribution in [0.5, 0.6) is 5.75 Å². The Balaban J connectivity index is 2.35. The first kappa shape index (κ1) is 21.5. The number of carbonyl (C=O) groups is 2. The molecule has 0 aliphatic carbocycles. The van der Waals surface area contributed by atoms with Gasteiger partial charge in [0.1, 0.15) is 5.75 Å². The van der Waals surface area contributed by atoms with Crippen molar-refractivity contribution in [2.75, 3.05) is 26.0 Å². The van der Waals surface area contributed by atoms with Gasteiger partial charge >= 0.3 is 6.09 Å². The molecule has 0 fully saturated rings. The fourth-order valence-electron chi connectivity index (χ4n) is 3.45. The second-order valence-corrected chi connectivity index (χ2v) is 7.20. The Labute approximate surface area is 167 Å². The molecule has 0 unspecified atom stereocenters. The quantitative estimate of drug-likeness (QED) is 0.718. The maximum Gasteiger partial charge on any atom is 0.414 e. The molecule has 0 N–H and O–H groups in total. The molecule has 5 nitrogen and oxygen atoms in total. The van der Waals surface area contributed by atoms with Crippen LogP contribution in [0.1, 0.15) is 44.7 Å². The van der Waals surface area contributed by atoms with E-state index in [4.69, 9.17) is 4.74 Å². The number of ether oxygens (including phenoxy) is 1. The van der Waals surface area contributed by atoms with Crippen molar-refractivity contribution in [3.05, 3.63) is 59.7 Å². The van der Waals surface area contributed by atoms with E-state index >= 15 is 0 Å². The summed E-state index contributed by atoms with van der Waals surface area (Å²) < 4.78 is 5.33. The molecular weight excluding hydrogens is 352 g/mol. The third-order valence-corrected chi connectivity index (χ3v) is 5.46. The standard InChI is InChI=1S/C23H30N2O3/c1-7-23(8-2,18-9-13-20(14-10-18)25(6)17(3)26)19-11-15-21(16-12-19)28-22(27)24(4)5/h9-16H,7-8H2,1-6H3. The number of anilines is 1. The zero-order valence-corrected chi connectivity index (χ0v) is 17.7. The number of carbonyl (C=O) groups excluding carboxylic acids is 2. The number of nitrogens with zero attached hydrogens (tertiary/aromatic N) is 2. The molecule has 0 aromatic heterocycles. The second-order valence-electron chi connectivity index (χ2n) is 7.20. The van der Waals surface area contributed by atoms with Crippen molar-refractivity contribution in [2.45, 2.75) is 39.0 Å². The Hall–Kier alpha value is -2.82. The highest BCUT2D eigenvalue weighted by atomic mass is 16.6. The van der Waals surface area contributed by atoms with Gasteiger partial charge in [-0.15, -0.1) is 0 Å². The van der Waals surface area contributed by atoms with Crippen molar-refractivity contribution in [1.29, 1.82) is 0 Å². The Morgan fingerprint density at radius 3 is 1.71 bits per heavy atom. The van der Waals surface area contributed by atoms with E-state index in [1.165, 1.54) is 16.0 Å². The maximum absolute atomic E-state index is 11.7. The number of benzene rings is 2. The minimum absolute atomic E-state index is 0.00727. The molecule has 0 atom stereocenters. The molecule has 28 heavy (non-hydrogen) atoms. The molecule has 2 aromatic carbocycles. The molecule has 0 spiro atoms. The highest BCUT2D eigenvalue weighted by Crippen LogP contribution is 2.40. The predicted octanol–water partition coefficient (Wildman–Crippen LogP) is 4.84. The molecule has 2 amide bonds. The maximum atomic E-state index is 11.7. The highest BCUT2D eigenvalue weighted by molar-refractivity contribution is 5.90. The first-order chi connectivity index (χ1) is 13.2. The van der Waals surface area contributed by atoms with E-state index in [0.29, 0.717) is 5.75 Å². The van der Waals surface area contributed by atoms with Gasteiger partial charge < -0.3 is 14.5 Å². The van der Waals surface area contributed by atoms with E-state index in [0.717, 1.165) is 18.5 Å². The SMILES string of the molecule is CCC(CC)(c1ccc(OC(=O)N(C)C)cc1)c1ccc(N(C)C(C)=O)cc1. The lowest BCUT2D eigenvalue weighted by Crippen LogP contribution is -2.27. The van der Waals surface area contributed by atoms with Crippen molar-refractivity contribution in [1.82, 2.24) is 4.90 Å². The molecule has 0 radical (unpaired) electrons. The van der Waals surface area contributed by atoms with Crippen LogP contribution in [0.4, 0.5) is 10.5 Å². The van der Waals surface area contributed by atoms with E-state index < -0.39 is 6.09 Å². The Morgan fingerprint density at radius 1 is 0.857 bits per heavy atom. The van der Waals surface area contributed by atoms with Gasteiger partial charge in [0.25, 0.3) is 0 Å². The lowest BCUT2D eigenvalue weighted by atomic mass is 9.70. The van der Waals surface area contributed by atoms with Crippen LogP contribution in [-0.2, 0) is 10.2 Å². The molecule has 0 saturated carbocycles. The molecule has 150 valence electrons. The van der Waals surface area contributed by atoms with Gasteiger partial charge in [0.15, 0.2) is 0 Å². The molecule has 0 saturated heterocycles. The molecule has 2 rings (SSSR count). The first-order valence-corrected chi connectivity index (χ1v) is 9.59. The molecule has 0 aliphatic heterocycles. The fourth-order valence-corrected chi connectivity index (χ4v) is 3.45. The zero-order valence-electron chi connectivity index (χ0n) is 17.7. The minimum atomic E-state index is -0.393. The first-order valence-electron chi connectivity index (χ1n) is 9.59. The number of rotatable bonds is 6. The third-order valence-electron chi connectivity index (χ3n) is 5.46. The lowest BCUT2D eigenvalue weighted by molar-refractivity contribution is -0.116. The number of amides is 2. The number of hydrogen-bond acceptors (Lipinski definition) is 3. The van der Waals surface area contributed by atoms with Crippen molar-refractivity contribution < 1.29 is 14.3 Å². The van der Waals surface area contributed by atoms with Gasteiger partial charge in [0.2, 0.25) is 5.91 Å². The van der Waals surface area contributed by atoms with E-state index in [9.17, 15) is 9.59 Å². The topological polar surface area (TPSA) is 49.9 Å². The normalized spacial score (nSPS) is 11.1. The molecule has 0 bridgehead atoms. The average Bonchev–Trinajstić information content (AvgIpc) is 2.70. The Bertz CT molecular complexity index is 807. The minimum Gasteiger partial charge on any atom is -0.410 e. The zero-order chi connectivity index (χ0) is 20.9. The van der Waals surface area contributed by atoms with Crippen LogP contribution in [0.25, 0.3) is 0 Å². The van der Waals surface area contributed by atoms with Gasteiger partial charge in [-0.1, -0.05) is 38.1 Å². The molecule has 5 heteroatoms. The Morgan fingerprint density at radius 2 is 1.32 bits per heavy atom. The monoisotopic (exact) mass is 382 g/mol. The van der Waals surface area contributed by atoms with Crippen LogP contribution >= 0.6 is 0 Å². The van der Waals surface area contributed by atoms with Gasteiger partial charge in [0, 0.05) is 39.2 Å². The van der Waals surface area contributed by atoms with Crippen LogP contribution in [0.3, 0.4) is 0 Å². The fraction of sp³-hybridized carbons (Fsp3) is 0.391. The summed E-state index contributed by atoms with van der Waals surface area (Å²) in [6.45, 7) is 5.92. The van der Waals surface area contributed by atoms with Gasteiger partial charge in [-0.2, -0.15) is 0 Å². The highest BCUT2D eigenvalue weighted by Gasteiger charge is 2.30. The lowest BCUT2D eigenvalue weighted by Gasteiger charge is -2.33. The van der Waals surface area contributed by atoms with Crippen LogP contribution in [0, 0.1) is 0 Å². The summed E-state index contributed by atoms with van der Waals surface area (Å²) in [5.74, 6) is 0.537. The summed E-state index contributed by atoms with van der Waals surface area (Å²) >= 11 is 0. The van der Waals surface area contributed by atoms with E-state index in [1.807, 2.05) is 36.4 Å².